The molecule has 0 radical (unpaired) electrons. The highest BCUT2D eigenvalue weighted by molar-refractivity contribution is 6.37. The second-order valence-corrected chi connectivity index (χ2v) is 16.2. The van der Waals surface area contributed by atoms with Gasteiger partial charge in [-0.05, 0) is 85.4 Å². The van der Waals surface area contributed by atoms with Crippen molar-refractivity contribution < 1.29 is 42.4 Å². The Labute approximate surface area is 377 Å². The molecular weight excluding hydrogens is 866 g/mol. The zero-order chi connectivity index (χ0) is 44.3. The van der Waals surface area contributed by atoms with Crippen LogP contribution >= 0.6 is 23.2 Å². The number of nitrogens with zero attached hydrogens (tertiary/aromatic N) is 6. The van der Waals surface area contributed by atoms with E-state index in [1.165, 1.54) is 18.5 Å². The third-order valence-electron chi connectivity index (χ3n) is 11.0. The van der Waals surface area contributed by atoms with E-state index in [9.17, 15) is 14.3 Å². The number of carboxylic acids is 1. The molecule has 328 valence electrons. The molecule has 0 amide bonds. The Morgan fingerprint density at radius 1 is 0.906 bits per heavy atom. The average Bonchev–Trinajstić information content (AvgIpc) is 3.70. The first-order chi connectivity index (χ1) is 31.1. The third-order valence-corrected chi connectivity index (χ3v) is 11.6. The minimum atomic E-state index is -1.51. The summed E-state index contributed by atoms with van der Waals surface area (Å²) >= 11 is 14.1. The fourth-order valence-corrected chi connectivity index (χ4v) is 8.31. The van der Waals surface area contributed by atoms with Gasteiger partial charge in [0, 0.05) is 62.0 Å². The lowest BCUT2D eigenvalue weighted by Gasteiger charge is -2.34. The first-order valence-electron chi connectivity index (χ1n) is 20.4. The predicted octanol–water partition coefficient (Wildman–Crippen LogP) is 8.51. The Balaban J connectivity index is 1.13. The van der Waals surface area contributed by atoms with E-state index >= 15 is 0 Å². The van der Waals surface area contributed by atoms with Gasteiger partial charge in [-0.15, -0.1) is 0 Å². The highest BCUT2D eigenvalue weighted by Gasteiger charge is 2.30. The van der Waals surface area contributed by atoms with Crippen molar-refractivity contribution in [1.82, 2.24) is 29.7 Å². The van der Waals surface area contributed by atoms with Crippen LogP contribution < -0.4 is 23.7 Å². The van der Waals surface area contributed by atoms with E-state index in [1.54, 1.807) is 61.8 Å². The molecule has 0 aliphatic carbocycles. The first-order valence-corrected chi connectivity index (χ1v) is 21.2. The van der Waals surface area contributed by atoms with Gasteiger partial charge in [0.1, 0.15) is 59.9 Å². The molecule has 1 fully saturated rings. The van der Waals surface area contributed by atoms with Crippen LogP contribution in [0.15, 0.2) is 102 Å². The number of benzene rings is 4. The number of likely N-dealkylation sites (N-methyl/N-ethyl adjacent to an activating group) is 1. The lowest BCUT2D eigenvalue weighted by Crippen LogP contribution is -2.49. The summed E-state index contributed by atoms with van der Waals surface area (Å²) in [5.74, 6) is 0.579. The standard InChI is InChI=1S/C47H41Cl2FN6O8/c1-55-15-17-56(18-16-55)23-33-25-60-32-11-12-37(61-24-31-13-14-51-44(54-31)34-5-3-4-6-38(34)59-2)28(19-32)22-39(47(57)58)63-45-41-40(29-20-35(48)43(62-33)36(49)21-29)42(64-46(41)53-26-52-45)27-7-9-30(50)10-8-27/h3-14,19-21,26,33,39H,15-18,22-25H2,1-2H3,(H,57,58)/t33-,39?/m1/s1. The second-order valence-electron chi connectivity index (χ2n) is 15.4. The lowest BCUT2D eigenvalue weighted by molar-refractivity contribution is -0.145. The minimum absolute atomic E-state index is 0.0211. The second kappa shape index (κ2) is 18.7. The Kier molecular flexibility index (Phi) is 12.5. The molecule has 3 aromatic heterocycles. The number of ether oxygens (including phenoxy) is 5. The maximum atomic E-state index is 14.2. The van der Waals surface area contributed by atoms with Crippen LogP contribution in [0.5, 0.6) is 28.9 Å². The molecule has 1 unspecified atom stereocenters. The van der Waals surface area contributed by atoms with Gasteiger partial charge in [-0.25, -0.2) is 29.1 Å². The van der Waals surface area contributed by atoms with E-state index in [2.05, 4.69) is 31.8 Å². The molecule has 4 bridgehead atoms. The molecule has 17 heteroatoms. The van der Waals surface area contributed by atoms with Crippen LogP contribution in [-0.4, -0.2) is 107 Å². The Bertz CT molecular complexity index is 2800. The van der Waals surface area contributed by atoms with Gasteiger partial charge in [-0.1, -0.05) is 35.3 Å². The normalized spacial score (nSPS) is 17.0. The van der Waals surface area contributed by atoms with E-state index in [0.29, 0.717) is 63.1 Å². The van der Waals surface area contributed by atoms with Crippen molar-refractivity contribution in [2.24, 2.45) is 0 Å². The minimum Gasteiger partial charge on any atom is -0.496 e. The smallest absolute Gasteiger partial charge is 0.345 e. The molecule has 0 saturated carbocycles. The summed E-state index contributed by atoms with van der Waals surface area (Å²) in [6.45, 7) is 4.03. The molecule has 64 heavy (non-hydrogen) atoms. The van der Waals surface area contributed by atoms with Crippen molar-refractivity contribution in [3.05, 3.63) is 125 Å². The Morgan fingerprint density at radius 2 is 1.69 bits per heavy atom. The van der Waals surface area contributed by atoms with E-state index in [0.717, 1.165) is 26.2 Å². The number of aliphatic carboxylic acids is 1. The molecule has 3 aliphatic rings. The molecule has 1 N–H and O–H groups in total. The fraction of sp³-hybridized carbons (Fsp3) is 0.255. The summed E-state index contributed by atoms with van der Waals surface area (Å²) in [6, 6.07) is 23.4. The van der Waals surface area contributed by atoms with Crippen LogP contribution in [0.2, 0.25) is 10.0 Å². The Morgan fingerprint density at radius 3 is 2.45 bits per heavy atom. The zero-order valence-electron chi connectivity index (χ0n) is 34.7. The summed E-state index contributed by atoms with van der Waals surface area (Å²) in [5.41, 5.74) is 3.18. The van der Waals surface area contributed by atoms with Gasteiger partial charge in [-0.3, -0.25) is 4.90 Å². The van der Waals surface area contributed by atoms with E-state index in [4.69, 9.17) is 56.3 Å². The van der Waals surface area contributed by atoms with Crippen molar-refractivity contribution in [2.45, 2.75) is 25.2 Å². The number of fused-ring (bicyclic) bond motifs is 7. The number of carboxylic acid groups (broad SMARTS) is 1. The quantitative estimate of drug-likeness (QED) is 0.147. The van der Waals surface area contributed by atoms with Crippen LogP contribution in [0.25, 0.3) is 44.9 Å². The summed E-state index contributed by atoms with van der Waals surface area (Å²) < 4.78 is 51.9. The lowest BCUT2D eigenvalue weighted by atomic mass is 9.99. The molecule has 2 atom stereocenters. The number of hydrogen-bond acceptors (Lipinski definition) is 13. The van der Waals surface area contributed by atoms with Gasteiger partial charge in [0.25, 0.3) is 0 Å². The molecule has 0 spiro atoms. The maximum Gasteiger partial charge on any atom is 0.345 e. The number of aromatic nitrogens is 4. The molecule has 4 aromatic carbocycles. The SMILES string of the molecule is COc1ccccc1-c1nccc(COc2ccc3cc2CC(C(=O)O)Oc2ncnc4oc(-c5ccc(F)cc5)c(c24)-c2cc(Cl)c(c(Cl)c2)O[C@H](CN2CCN(C)CC2)CO3)n1. The van der Waals surface area contributed by atoms with Gasteiger partial charge in [0.05, 0.1) is 28.4 Å². The van der Waals surface area contributed by atoms with Crippen LogP contribution in [-0.2, 0) is 17.8 Å². The van der Waals surface area contributed by atoms with Crippen LogP contribution in [0.1, 0.15) is 11.3 Å². The van der Waals surface area contributed by atoms with Gasteiger partial charge in [0.15, 0.2) is 11.6 Å². The number of halogens is 3. The van der Waals surface area contributed by atoms with E-state index < -0.39 is 24.0 Å². The molecule has 3 aliphatic heterocycles. The van der Waals surface area contributed by atoms with Gasteiger partial charge in [0.2, 0.25) is 17.7 Å². The first kappa shape index (κ1) is 42.8. The summed E-state index contributed by atoms with van der Waals surface area (Å²) in [6.07, 6.45) is 0.605. The molecule has 1 saturated heterocycles. The number of furan rings is 1. The van der Waals surface area contributed by atoms with Crippen LogP contribution in [0, 0.1) is 5.82 Å². The number of para-hydroxylation sites is 1. The highest BCUT2D eigenvalue weighted by atomic mass is 35.5. The predicted molar refractivity (Wildman–Crippen MR) is 237 cm³/mol. The fourth-order valence-electron chi connectivity index (χ4n) is 7.74. The third kappa shape index (κ3) is 9.24. The van der Waals surface area contributed by atoms with Crippen molar-refractivity contribution in [2.75, 3.05) is 53.5 Å². The number of hydrogen-bond donors (Lipinski definition) is 1. The average molecular weight is 908 g/mol. The molecule has 6 heterocycles. The highest BCUT2D eigenvalue weighted by Crippen LogP contribution is 2.47. The van der Waals surface area contributed by atoms with E-state index in [1.807, 2.05) is 24.3 Å². The topological polar surface area (TPSA) is 155 Å². The molecule has 7 aromatic rings. The Hall–Kier alpha value is -6.52. The molecular formula is C47H41Cl2FN6O8. The summed E-state index contributed by atoms with van der Waals surface area (Å²) in [5, 5.41) is 11.4. The zero-order valence-corrected chi connectivity index (χ0v) is 36.2. The number of methoxy groups -OCH3 is 1. The van der Waals surface area contributed by atoms with Gasteiger partial charge < -0.3 is 38.1 Å². The summed E-state index contributed by atoms with van der Waals surface area (Å²) in [4.78, 5) is 35.7. The van der Waals surface area contributed by atoms with Gasteiger partial charge in [-0.2, -0.15) is 0 Å². The number of carbonyl (C=O) groups is 1. The van der Waals surface area contributed by atoms with Crippen LogP contribution in [0.3, 0.4) is 0 Å². The monoisotopic (exact) mass is 906 g/mol. The maximum absolute atomic E-state index is 14.2. The van der Waals surface area contributed by atoms with Crippen LogP contribution in [0.4, 0.5) is 4.39 Å². The van der Waals surface area contributed by atoms with E-state index in [-0.39, 0.29) is 58.2 Å². The van der Waals surface area contributed by atoms with Crippen molar-refractivity contribution in [1.29, 1.82) is 0 Å². The molecule has 10 rings (SSSR count). The molecule has 14 nitrogen and oxygen atoms in total. The summed E-state index contributed by atoms with van der Waals surface area (Å²) in [7, 11) is 3.67. The number of piperazine rings is 1. The largest absolute Gasteiger partial charge is 0.496 e. The van der Waals surface area contributed by atoms with Crippen molar-refractivity contribution in [3.63, 3.8) is 0 Å². The van der Waals surface area contributed by atoms with Gasteiger partial charge >= 0.3 is 5.97 Å². The number of rotatable bonds is 9. The van der Waals surface area contributed by atoms with Crippen molar-refractivity contribution >= 4 is 40.3 Å². The van der Waals surface area contributed by atoms with Crippen molar-refractivity contribution in [3.8, 4) is 62.7 Å².